The Morgan fingerprint density at radius 2 is 1.93 bits per heavy atom. The third-order valence-electron chi connectivity index (χ3n) is 5.09. The fraction of sp³-hybridized carbons (Fsp3) is 0.409. The molecule has 1 atom stereocenters. The van der Waals surface area contributed by atoms with E-state index >= 15 is 0 Å². The van der Waals surface area contributed by atoms with Crippen LogP contribution in [0.1, 0.15) is 35.6 Å². The first-order valence-corrected chi connectivity index (χ1v) is 9.25. The Morgan fingerprint density at radius 1 is 1.18 bits per heavy atom. The quantitative estimate of drug-likeness (QED) is 0.580. The second kappa shape index (κ2) is 9.57. The van der Waals surface area contributed by atoms with Crippen LogP contribution in [-0.4, -0.2) is 35.4 Å². The number of rotatable bonds is 10. The average molecular weight is 387 g/mol. The maximum Gasteiger partial charge on any atom is 0.323 e. The van der Waals surface area contributed by atoms with Crippen LogP contribution in [0.25, 0.3) is 0 Å². The Balaban J connectivity index is 2.09. The van der Waals surface area contributed by atoms with E-state index in [1.54, 1.807) is 14.0 Å². The lowest BCUT2D eigenvalue weighted by Crippen LogP contribution is -2.49. The van der Waals surface area contributed by atoms with Crippen molar-refractivity contribution in [2.24, 2.45) is 0 Å². The first kappa shape index (κ1) is 21.7. The molecule has 2 rings (SSSR count). The van der Waals surface area contributed by atoms with E-state index in [9.17, 15) is 9.90 Å². The zero-order valence-electron chi connectivity index (χ0n) is 16.9. The van der Waals surface area contributed by atoms with Gasteiger partial charge in [0.25, 0.3) is 0 Å². The number of benzene rings is 2. The van der Waals surface area contributed by atoms with Crippen molar-refractivity contribution in [3.8, 4) is 11.5 Å². The van der Waals surface area contributed by atoms with Crippen LogP contribution in [0.3, 0.4) is 0 Å². The summed E-state index contributed by atoms with van der Waals surface area (Å²) in [4.78, 5) is 11.5. The molecule has 0 aromatic heterocycles. The van der Waals surface area contributed by atoms with Gasteiger partial charge in [0, 0.05) is 13.2 Å². The lowest BCUT2D eigenvalue weighted by Gasteiger charge is -2.25. The summed E-state index contributed by atoms with van der Waals surface area (Å²) in [5, 5.41) is 21.5. The molecule has 0 radical (unpaired) electrons. The molecule has 0 amide bonds. The molecule has 0 aliphatic heterocycles. The van der Waals surface area contributed by atoms with Crippen LogP contribution >= 0.6 is 0 Å². The Labute approximate surface area is 166 Å². The van der Waals surface area contributed by atoms with Crippen molar-refractivity contribution < 1.29 is 24.5 Å². The lowest BCUT2D eigenvalue weighted by molar-refractivity contribution is -0.145. The van der Waals surface area contributed by atoms with Crippen LogP contribution in [0.2, 0.25) is 0 Å². The van der Waals surface area contributed by atoms with Gasteiger partial charge in [-0.05, 0) is 61.6 Å². The molecule has 152 valence electrons. The number of ether oxygens (including phenoxy) is 2. The lowest BCUT2D eigenvalue weighted by atomic mass is 9.98. The Bertz CT molecular complexity index is 821. The van der Waals surface area contributed by atoms with Gasteiger partial charge in [-0.3, -0.25) is 10.1 Å². The van der Waals surface area contributed by atoms with Gasteiger partial charge in [-0.1, -0.05) is 24.3 Å². The third kappa shape index (κ3) is 5.24. The minimum atomic E-state index is -1.19. The largest absolute Gasteiger partial charge is 0.493 e. The van der Waals surface area contributed by atoms with Crippen LogP contribution in [0.4, 0.5) is 0 Å². The highest BCUT2D eigenvalue weighted by Crippen LogP contribution is 2.29. The molecule has 0 saturated carbocycles. The molecule has 6 heteroatoms. The van der Waals surface area contributed by atoms with Crippen molar-refractivity contribution in [2.45, 2.75) is 45.9 Å². The molecular weight excluding hydrogens is 358 g/mol. The predicted octanol–water partition coefficient (Wildman–Crippen LogP) is 3.21. The minimum Gasteiger partial charge on any atom is -0.493 e. The van der Waals surface area contributed by atoms with Crippen molar-refractivity contribution in [3.05, 3.63) is 58.7 Å². The third-order valence-corrected chi connectivity index (χ3v) is 5.09. The number of carbonyl (C=O) groups is 1. The summed E-state index contributed by atoms with van der Waals surface area (Å²) in [6.07, 6.45) is 0.122. The zero-order chi connectivity index (χ0) is 20.7. The van der Waals surface area contributed by atoms with Crippen molar-refractivity contribution >= 4 is 5.97 Å². The average Bonchev–Trinajstić information content (AvgIpc) is 2.68. The zero-order valence-corrected chi connectivity index (χ0v) is 16.9. The molecule has 0 aliphatic rings. The van der Waals surface area contributed by atoms with E-state index in [2.05, 4.69) is 25.2 Å². The van der Waals surface area contributed by atoms with Gasteiger partial charge in [0.05, 0.1) is 7.11 Å². The van der Waals surface area contributed by atoms with Crippen LogP contribution < -0.4 is 14.8 Å². The fourth-order valence-electron chi connectivity index (χ4n) is 2.86. The van der Waals surface area contributed by atoms with Gasteiger partial charge in [0.2, 0.25) is 0 Å². The van der Waals surface area contributed by atoms with E-state index in [1.807, 2.05) is 30.3 Å². The molecule has 2 aromatic rings. The number of carboxylic acids is 1. The Morgan fingerprint density at radius 3 is 2.57 bits per heavy atom. The van der Waals surface area contributed by atoms with Gasteiger partial charge in [-0.25, -0.2) is 0 Å². The maximum absolute atomic E-state index is 11.5. The number of carboxylic acid groups (broad SMARTS) is 1. The molecule has 0 heterocycles. The monoisotopic (exact) mass is 387 g/mol. The van der Waals surface area contributed by atoms with Gasteiger partial charge in [-0.2, -0.15) is 0 Å². The summed E-state index contributed by atoms with van der Waals surface area (Å²) in [5.74, 6) is 0.217. The molecule has 0 aliphatic carbocycles. The number of hydrogen-bond acceptors (Lipinski definition) is 5. The smallest absolute Gasteiger partial charge is 0.323 e. The number of aliphatic hydroxyl groups is 1. The van der Waals surface area contributed by atoms with Crippen molar-refractivity contribution in [1.29, 1.82) is 0 Å². The Hall–Kier alpha value is -2.57. The van der Waals surface area contributed by atoms with Crippen molar-refractivity contribution in [3.63, 3.8) is 0 Å². The summed E-state index contributed by atoms with van der Waals surface area (Å²) >= 11 is 0. The van der Waals surface area contributed by atoms with Crippen molar-refractivity contribution in [1.82, 2.24) is 5.32 Å². The second-order valence-corrected chi connectivity index (χ2v) is 7.10. The molecule has 0 fully saturated rings. The summed E-state index contributed by atoms with van der Waals surface area (Å²) in [5.41, 5.74) is 3.22. The molecule has 28 heavy (non-hydrogen) atoms. The number of methoxy groups -OCH3 is 1. The van der Waals surface area contributed by atoms with Gasteiger partial charge < -0.3 is 19.7 Å². The first-order valence-electron chi connectivity index (χ1n) is 9.25. The Kier molecular flexibility index (Phi) is 7.43. The van der Waals surface area contributed by atoms with E-state index in [1.165, 1.54) is 11.1 Å². The fourth-order valence-corrected chi connectivity index (χ4v) is 2.86. The van der Waals surface area contributed by atoms with Gasteiger partial charge >= 0.3 is 5.97 Å². The highest BCUT2D eigenvalue weighted by Gasteiger charge is 2.31. The number of aliphatic carboxylic acids is 1. The normalized spacial score (nSPS) is 13.0. The molecule has 0 bridgehead atoms. The summed E-state index contributed by atoms with van der Waals surface area (Å²) in [6.45, 7) is 6.27. The van der Waals surface area contributed by atoms with Crippen LogP contribution in [0.15, 0.2) is 36.4 Å². The first-order chi connectivity index (χ1) is 13.3. The molecule has 0 unspecified atom stereocenters. The number of nitrogens with one attached hydrogen (secondary N) is 1. The molecule has 6 nitrogen and oxygen atoms in total. The van der Waals surface area contributed by atoms with E-state index in [0.717, 1.165) is 11.1 Å². The maximum atomic E-state index is 11.5. The predicted molar refractivity (Wildman–Crippen MR) is 108 cm³/mol. The highest BCUT2D eigenvalue weighted by atomic mass is 16.5. The van der Waals surface area contributed by atoms with Crippen LogP contribution in [-0.2, 0) is 17.9 Å². The van der Waals surface area contributed by atoms with Gasteiger partial charge in [-0.15, -0.1) is 0 Å². The summed E-state index contributed by atoms with van der Waals surface area (Å²) in [7, 11) is 1.57. The summed E-state index contributed by atoms with van der Waals surface area (Å²) < 4.78 is 11.4. The van der Waals surface area contributed by atoms with Crippen LogP contribution in [0, 0.1) is 13.8 Å². The van der Waals surface area contributed by atoms with E-state index in [4.69, 9.17) is 14.6 Å². The van der Waals surface area contributed by atoms with Gasteiger partial charge in [0.15, 0.2) is 11.5 Å². The van der Waals surface area contributed by atoms with E-state index < -0.39 is 11.5 Å². The number of aryl methyl sites for hydroxylation is 1. The standard InChI is InChI=1S/C22H29NO5/c1-15-6-5-7-18(16(15)2)14-28-19-9-8-17(12-20(19)27-4)13-23-22(3,10-11-24)21(25)26/h5-9,12,23-24H,10-11,13-14H2,1-4H3,(H,25,26)/t22-/m0/s1. The highest BCUT2D eigenvalue weighted by molar-refractivity contribution is 5.78. The molecule has 0 spiro atoms. The SMILES string of the molecule is COc1cc(CN[C@@](C)(CCO)C(=O)O)ccc1OCc1cccc(C)c1C. The van der Waals surface area contributed by atoms with E-state index in [-0.39, 0.29) is 13.0 Å². The van der Waals surface area contributed by atoms with Crippen molar-refractivity contribution in [2.75, 3.05) is 13.7 Å². The minimum absolute atomic E-state index is 0.122. The van der Waals surface area contributed by atoms with Crippen LogP contribution in [0.5, 0.6) is 11.5 Å². The topological polar surface area (TPSA) is 88.0 Å². The second-order valence-electron chi connectivity index (χ2n) is 7.10. The number of aliphatic hydroxyl groups excluding tert-OH is 1. The summed E-state index contributed by atoms with van der Waals surface area (Å²) in [6, 6.07) is 11.6. The molecule has 0 saturated heterocycles. The molecule has 3 N–H and O–H groups in total. The van der Waals surface area contributed by atoms with E-state index in [0.29, 0.717) is 24.7 Å². The van der Waals surface area contributed by atoms with Gasteiger partial charge in [0.1, 0.15) is 12.1 Å². The molecule has 2 aromatic carbocycles. The molecular formula is C22H29NO5. The number of hydrogen-bond donors (Lipinski definition) is 3.